The number of benzene rings is 1. The van der Waals surface area contributed by atoms with Gasteiger partial charge in [-0.2, -0.15) is 5.10 Å². The minimum atomic E-state index is -0.142. The average molecular weight is 362 g/mol. The number of urea groups is 1. The largest absolute Gasteiger partial charge is 0.322 e. The molecule has 1 aliphatic heterocycles. The fourth-order valence-corrected chi connectivity index (χ4v) is 2.98. The van der Waals surface area contributed by atoms with Crippen molar-refractivity contribution in [2.24, 2.45) is 0 Å². The van der Waals surface area contributed by atoms with Crippen molar-refractivity contribution in [2.45, 2.75) is 39.3 Å². The van der Waals surface area contributed by atoms with E-state index < -0.39 is 0 Å². The van der Waals surface area contributed by atoms with E-state index in [1.165, 1.54) is 0 Å². The Labute approximate surface area is 158 Å². The SMILES string of the molecule is CC(C)(C)c1ncc2c(n1)CN(C(=O)Nc1ccc(-n3cccn3)cc1)C2. The lowest BCUT2D eigenvalue weighted by atomic mass is 9.95. The maximum atomic E-state index is 12.6. The van der Waals surface area contributed by atoms with Crippen LogP contribution in [0.3, 0.4) is 0 Å². The van der Waals surface area contributed by atoms with Crippen molar-refractivity contribution in [3.05, 3.63) is 66.0 Å². The summed E-state index contributed by atoms with van der Waals surface area (Å²) in [5, 5.41) is 7.14. The van der Waals surface area contributed by atoms with Gasteiger partial charge in [-0.25, -0.2) is 19.4 Å². The van der Waals surface area contributed by atoms with Crippen LogP contribution in [0.5, 0.6) is 0 Å². The Morgan fingerprint density at radius 2 is 1.93 bits per heavy atom. The molecule has 2 amide bonds. The molecule has 1 aliphatic rings. The molecular formula is C20H22N6O. The monoisotopic (exact) mass is 362 g/mol. The van der Waals surface area contributed by atoms with Gasteiger partial charge in [0, 0.05) is 35.3 Å². The first kappa shape index (κ1) is 17.2. The van der Waals surface area contributed by atoms with Gasteiger partial charge in [0.1, 0.15) is 5.82 Å². The number of nitrogens with zero attached hydrogens (tertiary/aromatic N) is 5. The van der Waals surface area contributed by atoms with E-state index in [0.29, 0.717) is 13.1 Å². The standard InChI is InChI=1S/C20H22N6O/c1-20(2,3)18-21-11-14-12-25(13-17(14)24-18)19(27)23-15-5-7-16(8-6-15)26-10-4-9-22-26/h4-11H,12-13H2,1-3H3,(H,23,27). The summed E-state index contributed by atoms with van der Waals surface area (Å²) < 4.78 is 1.77. The summed E-state index contributed by atoms with van der Waals surface area (Å²) >= 11 is 0. The van der Waals surface area contributed by atoms with Gasteiger partial charge in [-0.15, -0.1) is 0 Å². The van der Waals surface area contributed by atoms with Crippen molar-refractivity contribution >= 4 is 11.7 Å². The van der Waals surface area contributed by atoms with Gasteiger partial charge in [0.05, 0.1) is 24.5 Å². The zero-order valence-corrected chi connectivity index (χ0v) is 15.7. The predicted molar refractivity (Wildman–Crippen MR) is 103 cm³/mol. The molecule has 7 nitrogen and oxygen atoms in total. The van der Waals surface area contributed by atoms with Crippen molar-refractivity contribution in [1.82, 2.24) is 24.6 Å². The number of amides is 2. The first-order chi connectivity index (χ1) is 12.9. The smallest absolute Gasteiger partial charge is 0.314 e. The van der Waals surface area contributed by atoms with Gasteiger partial charge in [-0.1, -0.05) is 20.8 Å². The van der Waals surface area contributed by atoms with Crippen molar-refractivity contribution in [3.8, 4) is 5.69 Å². The Hall–Kier alpha value is -3.22. The van der Waals surface area contributed by atoms with E-state index in [2.05, 4.69) is 41.2 Å². The number of hydrogen-bond acceptors (Lipinski definition) is 4. The highest BCUT2D eigenvalue weighted by molar-refractivity contribution is 5.89. The number of nitrogens with one attached hydrogen (secondary N) is 1. The molecule has 27 heavy (non-hydrogen) atoms. The number of carbonyl (C=O) groups is 1. The molecule has 0 saturated carbocycles. The third-order valence-electron chi connectivity index (χ3n) is 4.50. The van der Waals surface area contributed by atoms with Gasteiger partial charge in [-0.3, -0.25) is 0 Å². The highest BCUT2D eigenvalue weighted by Crippen LogP contribution is 2.25. The van der Waals surface area contributed by atoms with Crippen LogP contribution in [-0.2, 0) is 18.5 Å². The topological polar surface area (TPSA) is 75.9 Å². The van der Waals surface area contributed by atoms with Crippen molar-refractivity contribution in [1.29, 1.82) is 0 Å². The predicted octanol–water partition coefficient (Wildman–Crippen LogP) is 3.51. The van der Waals surface area contributed by atoms with Crippen LogP contribution >= 0.6 is 0 Å². The average Bonchev–Trinajstić information content (AvgIpc) is 3.30. The van der Waals surface area contributed by atoms with Gasteiger partial charge in [-0.05, 0) is 30.3 Å². The zero-order chi connectivity index (χ0) is 19.0. The van der Waals surface area contributed by atoms with Crippen molar-refractivity contribution < 1.29 is 4.79 Å². The van der Waals surface area contributed by atoms with Crippen molar-refractivity contribution in [2.75, 3.05) is 5.32 Å². The van der Waals surface area contributed by atoms with E-state index in [0.717, 1.165) is 28.5 Å². The molecule has 138 valence electrons. The minimum absolute atomic E-state index is 0.110. The summed E-state index contributed by atoms with van der Waals surface area (Å²) in [5.74, 6) is 0.803. The molecule has 3 aromatic rings. The molecule has 0 fully saturated rings. The fraction of sp³-hybridized carbons (Fsp3) is 0.300. The van der Waals surface area contributed by atoms with Crippen LogP contribution in [0.25, 0.3) is 5.69 Å². The third kappa shape index (κ3) is 3.53. The highest BCUT2D eigenvalue weighted by atomic mass is 16.2. The van der Waals surface area contributed by atoms with Crippen LogP contribution in [-0.4, -0.2) is 30.7 Å². The van der Waals surface area contributed by atoms with Gasteiger partial charge in [0.15, 0.2) is 0 Å². The Morgan fingerprint density at radius 1 is 1.15 bits per heavy atom. The first-order valence-corrected chi connectivity index (χ1v) is 8.91. The molecule has 0 spiro atoms. The van der Waals surface area contributed by atoms with E-state index in [-0.39, 0.29) is 11.4 Å². The second kappa shape index (κ2) is 6.50. The summed E-state index contributed by atoms with van der Waals surface area (Å²) in [6.45, 7) is 7.28. The number of carbonyl (C=O) groups excluding carboxylic acids is 1. The number of anilines is 1. The lowest BCUT2D eigenvalue weighted by molar-refractivity contribution is 0.212. The molecule has 1 N–H and O–H groups in total. The van der Waals surface area contributed by atoms with E-state index >= 15 is 0 Å². The molecule has 0 bridgehead atoms. The fourth-order valence-electron chi connectivity index (χ4n) is 2.98. The van der Waals surface area contributed by atoms with E-state index in [9.17, 15) is 4.79 Å². The highest BCUT2D eigenvalue weighted by Gasteiger charge is 2.27. The maximum Gasteiger partial charge on any atom is 0.322 e. The number of rotatable bonds is 2. The zero-order valence-electron chi connectivity index (χ0n) is 15.7. The summed E-state index contributed by atoms with van der Waals surface area (Å²) in [5.41, 5.74) is 3.51. The maximum absolute atomic E-state index is 12.6. The normalized spacial score (nSPS) is 13.5. The summed E-state index contributed by atoms with van der Waals surface area (Å²) in [4.78, 5) is 23.5. The van der Waals surface area contributed by atoms with Crippen molar-refractivity contribution in [3.63, 3.8) is 0 Å². The van der Waals surface area contributed by atoms with E-state index in [1.54, 1.807) is 15.8 Å². The van der Waals surface area contributed by atoms with Crippen LogP contribution < -0.4 is 5.32 Å². The molecule has 3 heterocycles. The third-order valence-corrected chi connectivity index (χ3v) is 4.50. The first-order valence-electron chi connectivity index (χ1n) is 8.91. The molecule has 0 unspecified atom stereocenters. The van der Waals surface area contributed by atoms with Gasteiger partial charge < -0.3 is 10.2 Å². The van der Waals surface area contributed by atoms with Crippen LogP contribution in [0.1, 0.15) is 37.9 Å². The Kier molecular flexibility index (Phi) is 4.14. The van der Waals surface area contributed by atoms with Gasteiger partial charge >= 0.3 is 6.03 Å². The lowest BCUT2D eigenvalue weighted by Crippen LogP contribution is -2.30. The quantitative estimate of drug-likeness (QED) is 0.757. The molecule has 0 saturated heterocycles. The van der Waals surface area contributed by atoms with Gasteiger partial charge in [0.25, 0.3) is 0 Å². The Balaban J connectivity index is 1.43. The molecular weight excluding hydrogens is 340 g/mol. The minimum Gasteiger partial charge on any atom is -0.314 e. The molecule has 1 aromatic carbocycles. The number of aromatic nitrogens is 4. The van der Waals surface area contributed by atoms with Crippen LogP contribution in [0.15, 0.2) is 48.9 Å². The van der Waals surface area contributed by atoms with Crippen LogP contribution in [0.4, 0.5) is 10.5 Å². The summed E-state index contributed by atoms with van der Waals surface area (Å²) in [7, 11) is 0. The molecule has 4 rings (SSSR count). The number of hydrogen-bond donors (Lipinski definition) is 1. The molecule has 0 atom stereocenters. The van der Waals surface area contributed by atoms with Crippen LogP contribution in [0.2, 0.25) is 0 Å². The Morgan fingerprint density at radius 3 is 2.59 bits per heavy atom. The summed E-state index contributed by atoms with van der Waals surface area (Å²) in [6.07, 6.45) is 5.45. The van der Waals surface area contributed by atoms with Gasteiger partial charge in [0.2, 0.25) is 0 Å². The number of fused-ring (bicyclic) bond motifs is 1. The molecule has 2 aromatic heterocycles. The summed E-state index contributed by atoms with van der Waals surface area (Å²) in [6, 6.07) is 9.31. The molecule has 0 radical (unpaired) electrons. The Bertz CT molecular complexity index is 957. The second-order valence-corrected chi connectivity index (χ2v) is 7.70. The lowest BCUT2D eigenvalue weighted by Gasteiger charge is -2.17. The van der Waals surface area contributed by atoms with E-state index in [4.69, 9.17) is 0 Å². The molecule has 0 aliphatic carbocycles. The van der Waals surface area contributed by atoms with E-state index in [1.807, 2.05) is 42.7 Å². The second-order valence-electron chi connectivity index (χ2n) is 7.70. The molecule has 7 heteroatoms. The van der Waals surface area contributed by atoms with Crippen LogP contribution in [0, 0.1) is 0 Å².